The molecule has 3 aromatic rings. The highest BCUT2D eigenvalue weighted by molar-refractivity contribution is 7.90. The molecular weight excluding hydrogens is 649 g/mol. The van der Waals surface area contributed by atoms with Crippen LogP contribution in [0.15, 0.2) is 93.1 Å². The summed E-state index contributed by atoms with van der Waals surface area (Å²) in [6, 6.07) is 16.5. The van der Waals surface area contributed by atoms with Crippen LogP contribution in [0.2, 0.25) is 0 Å². The molecule has 0 saturated carbocycles. The number of hydrogen-bond donors (Lipinski definition) is 5. The van der Waals surface area contributed by atoms with E-state index in [9.17, 15) is 31.2 Å². The van der Waals surface area contributed by atoms with Gasteiger partial charge in [0, 0.05) is 18.7 Å². The van der Waals surface area contributed by atoms with Crippen LogP contribution in [0.5, 0.6) is 0 Å². The SMILES string of the molecule is Cc1ccc(S(=O)(=O)NC(=O)N[C@H](Cc2ccccc2)C(=O)N2CCC[C@H]2C(=O)Nc2ccc(S(=O)(=O)/N=C(\N)NC#N)cc2)cc1. The number of nitrogens with zero attached hydrogens (tertiary/aromatic N) is 3. The van der Waals surface area contributed by atoms with Gasteiger partial charge in [-0.2, -0.15) is 13.7 Å². The van der Waals surface area contributed by atoms with Crippen molar-refractivity contribution in [3.63, 3.8) is 0 Å². The van der Waals surface area contributed by atoms with Crippen LogP contribution in [-0.4, -0.2) is 64.2 Å². The molecule has 0 aromatic heterocycles. The van der Waals surface area contributed by atoms with Crippen molar-refractivity contribution in [2.24, 2.45) is 10.1 Å². The summed E-state index contributed by atoms with van der Waals surface area (Å²) in [5, 5.41) is 15.6. The van der Waals surface area contributed by atoms with E-state index in [1.54, 1.807) is 49.4 Å². The van der Waals surface area contributed by atoms with Gasteiger partial charge in [-0.15, -0.1) is 4.40 Å². The number of nitrogens with two attached hydrogens (primary N) is 1. The molecule has 3 aromatic carbocycles. The fraction of sp³-hybridized carbons (Fsp3) is 0.233. The van der Waals surface area contributed by atoms with Crippen LogP contribution < -0.4 is 26.4 Å². The number of carbonyl (C=O) groups excluding carboxylic acids is 3. The molecule has 4 rings (SSSR count). The Kier molecular flexibility index (Phi) is 10.8. The fourth-order valence-electron chi connectivity index (χ4n) is 4.84. The molecule has 0 aliphatic carbocycles. The molecule has 17 heteroatoms. The second-order valence-electron chi connectivity index (χ2n) is 10.5. The number of sulfonamides is 2. The van der Waals surface area contributed by atoms with Crippen molar-refractivity contribution in [3.8, 4) is 6.19 Å². The lowest BCUT2D eigenvalue weighted by molar-refractivity contribution is -0.138. The summed E-state index contributed by atoms with van der Waals surface area (Å²) in [6.45, 7) is 2.00. The Balaban J connectivity index is 1.48. The van der Waals surface area contributed by atoms with Crippen molar-refractivity contribution < 1.29 is 31.2 Å². The molecule has 1 fully saturated rings. The van der Waals surface area contributed by atoms with E-state index in [4.69, 9.17) is 11.0 Å². The van der Waals surface area contributed by atoms with Crippen LogP contribution in [0.4, 0.5) is 10.5 Å². The Hall–Kier alpha value is -5.47. The summed E-state index contributed by atoms with van der Waals surface area (Å²) in [4.78, 5) is 41.1. The summed E-state index contributed by atoms with van der Waals surface area (Å²) in [7, 11) is -8.47. The first-order valence-corrected chi connectivity index (χ1v) is 17.1. The number of likely N-dealkylation sites (tertiary alicyclic amines) is 1. The summed E-state index contributed by atoms with van der Waals surface area (Å²) >= 11 is 0. The summed E-state index contributed by atoms with van der Waals surface area (Å²) in [6.07, 6.45) is 2.29. The first-order valence-electron chi connectivity index (χ1n) is 14.2. The van der Waals surface area contributed by atoms with Gasteiger partial charge < -0.3 is 21.3 Å². The van der Waals surface area contributed by atoms with E-state index in [-0.39, 0.29) is 28.4 Å². The summed E-state index contributed by atoms with van der Waals surface area (Å²) in [5.74, 6) is -1.74. The molecule has 0 unspecified atom stereocenters. The lowest BCUT2D eigenvalue weighted by atomic mass is 10.0. The number of guanidine groups is 1. The van der Waals surface area contributed by atoms with Crippen molar-refractivity contribution in [2.75, 3.05) is 11.9 Å². The van der Waals surface area contributed by atoms with Gasteiger partial charge in [0.1, 0.15) is 12.1 Å². The van der Waals surface area contributed by atoms with E-state index >= 15 is 0 Å². The minimum Gasteiger partial charge on any atom is -0.368 e. The van der Waals surface area contributed by atoms with Crippen molar-refractivity contribution >= 4 is 49.5 Å². The molecule has 2 atom stereocenters. The molecule has 1 aliphatic rings. The zero-order valence-corrected chi connectivity index (χ0v) is 26.7. The third kappa shape index (κ3) is 9.05. The molecule has 0 radical (unpaired) electrons. The van der Waals surface area contributed by atoms with Gasteiger partial charge in [0.05, 0.1) is 9.79 Å². The maximum Gasteiger partial charge on any atom is 0.329 e. The standard InChI is InChI=1S/C30H32N8O7S2/c1-20-9-13-23(14-10-20)47(44,45)37-30(41)35-25(18-21-6-3-2-4-7-21)28(40)38-17-5-8-26(38)27(39)34-22-11-15-24(16-12-22)46(42,43)36-29(32)33-19-31/h2-4,6-7,9-16,25-26H,5,8,17-18H2,1H3,(H,34,39)(H3,32,33,36)(H2,35,37,41)/t25-,26+/m1/s1. The number of anilines is 1. The Labute approximate surface area is 272 Å². The molecular formula is C30H32N8O7S2. The van der Waals surface area contributed by atoms with Crippen LogP contribution in [0.1, 0.15) is 24.0 Å². The van der Waals surface area contributed by atoms with E-state index in [0.717, 1.165) is 5.56 Å². The smallest absolute Gasteiger partial charge is 0.329 e. The van der Waals surface area contributed by atoms with Gasteiger partial charge in [-0.05, 0) is 61.7 Å². The zero-order chi connectivity index (χ0) is 34.2. The largest absolute Gasteiger partial charge is 0.368 e. The lowest BCUT2D eigenvalue weighted by Crippen LogP contribution is -2.55. The predicted octanol–water partition coefficient (Wildman–Crippen LogP) is 1.30. The number of rotatable bonds is 10. The molecule has 0 bridgehead atoms. The topological polar surface area (TPSA) is 233 Å². The third-order valence-electron chi connectivity index (χ3n) is 7.11. The minimum absolute atomic E-state index is 0.0231. The van der Waals surface area contributed by atoms with Gasteiger partial charge in [-0.3, -0.25) is 14.9 Å². The molecule has 6 N–H and O–H groups in total. The van der Waals surface area contributed by atoms with Gasteiger partial charge in [-0.25, -0.2) is 17.9 Å². The average molecular weight is 681 g/mol. The number of carbonyl (C=O) groups is 3. The van der Waals surface area contributed by atoms with Crippen molar-refractivity contribution in [1.82, 2.24) is 20.3 Å². The molecule has 1 saturated heterocycles. The van der Waals surface area contributed by atoms with Crippen LogP contribution >= 0.6 is 0 Å². The number of urea groups is 1. The van der Waals surface area contributed by atoms with E-state index < -0.39 is 55.9 Å². The fourth-order valence-corrected chi connectivity index (χ4v) is 6.64. The molecule has 1 aliphatic heterocycles. The maximum absolute atomic E-state index is 13.9. The number of amides is 4. The van der Waals surface area contributed by atoms with Crippen LogP contribution in [0.25, 0.3) is 0 Å². The maximum atomic E-state index is 13.9. The van der Waals surface area contributed by atoms with Gasteiger partial charge in [0.2, 0.25) is 17.8 Å². The van der Waals surface area contributed by atoms with E-state index in [0.29, 0.717) is 18.4 Å². The van der Waals surface area contributed by atoms with Crippen LogP contribution in [0, 0.1) is 18.4 Å². The molecule has 246 valence electrons. The van der Waals surface area contributed by atoms with Crippen molar-refractivity contribution in [2.45, 2.75) is 48.1 Å². The van der Waals surface area contributed by atoms with E-state index in [2.05, 4.69) is 15.0 Å². The highest BCUT2D eigenvalue weighted by Gasteiger charge is 2.38. The quantitative estimate of drug-likeness (QED) is 0.0891. The normalized spacial score (nSPS) is 15.6. The molecule has 1 heterocycles. The predicted molar refractivity (Wildman–Crippen MR) is 171 cm³/mol. The second-order valence-corrected chi connectivity index (χ2v) is 13.8. The number of hydrogen-bond acceptors (Lipinski definition) is 8. The van der Waals surface area contributed by atoms with Crippen molar-refractivity contribution in [3.05, 3.63) is 90.0 Å². The second kappa shape index (κ2) is 14.7. The number of aryl methyl sites for hydroxylation is 1. The molecule has 47 heavy (non-hydrogen) atoms. The van der Waals surface area contributed by atoms with Crippen molar-refractivity contribution in [1.29, 1.82) is 5.26 Å². The molecule has 15 nitrogen and oxygen atoms in total. The highest BCUT2D eigenvalue weighted by atomic mass is 32.2. The molecule has 0 spiro atoms. The zero-order valence-electron chi connectivity index (χ0n) is 25.1. The summed E-state index contributed by atoms with van der Waals surface area (Å²) < 4.78 is 55.6. The Morgan fingerprint density at radius 2 is 1.62 bits per heavy atom. The number of benzene rings is 3. The van der Waals surface area contributed by atoms with Gasteiger partial charge in [-0.1, -0.05) is 48.0 Å². The Bertz CT molecular complexity index is 1910. The van der Waals surface area contributed by atoms with E-state index in [1.807, 2.05) is 10.0 Å². The first-order chi connectivity index (χ1) is 22.3. The molecule has 4 amide bonds. The first kappa shape index (κ1) is 34.4. The summed E-state index contributed by atoms with van der Waals surface area (Å²) in [5.41, 5.74) is 7.11. The minimum atomic E-state index is -4.24. The van der Waals surface area contributed by atoms with Gasteiger partial charge in [0.25, 0.3) is 20.0 Å². The van der Waals surface area contributed by atoms with Crippen LogP contribution in [0.3, 0.4) is 0 Å². The Morgan fingerprint density at radius 3 is 2.26 bits per heavy atom. The number of nitrogens with one attached hydrogen (secondary N) is 4. The Morgan fingerprint density at radius 1 is 0.979 bits per heavy atom. The monoisotopic (exact) mass is 680 g/mol. The van der Waals surface area contributed by atoms with Gasteiger partial charge >= 0.3 is 6.03 Å². The third-order valence-corrected chi connectivity index (χ3v) is 9.76. The number of nitriles is 1. The van der Waals surface area contributed by atoms with Crippen LogP contribution in [-0.2, 0) is 36.1 Å². The van der Waals surface area contributed by atoms with E-state index in [1.165, 1.54) is 47.5 Å². The van der Waals surface area contributed by atoms with Gasteiger partial charge in [0.15, 0.2) is 6.19 Å². The lowest BCUT2D eigenvalue weighted by Gasteiger charge is -2.29. The highest BCUT2D eigenvalue weighted by Crippen LogP contribution is 2.23. The average Bonchev–Trinajstić information content (AvgIpc) is 3.51.